The molecule has 0 aliphatic carbocycles. The lowest BCUT2D eigenvalue weighted by Crippen LogP contribution is -2.22. The van der Waals surface area contributed by atoms with Gasteiger partial charge in [0.2, 0.25) is 5.91 Å². The minimum Gasteiger partial charge on any atom is -0.376 e. The van der Waals surface area contributed by atoms with E-state index in [1.807, 2.05) is 32.0 Å². The average Bonchev–Trinajstić information content (AvgIpc) is 2.56. The van der Waals surface area contributed by atoms with E-state index >= 15 is 0 Å². The van der Waals surface area contributed by atoms with Crippen LogP contribution >= 0.6 is 0 Å². The van der Waals surface area contributed by atoms with Gasteiger partial charge in [0, 0.05) is 24.0 Å². The third-order valence-corrected chi connectivity index (χ3v) is 3.57. The van der Waals surface area contributed by atoms with Crippen LogP contribution in [0.25, 0.3) is 0 Å². The highest BCUT2D eigenvalue weighted by Crippen LogP contribution is 2.19. The van der Waals surface area contributed by atoms with Crippen LogP contribution in [0.5, 0.6) is 0 Å². The molecule has 0 saturated heterocycles. The zero-order valence-corrected chi connectivity index (χ0v) is 13.6. The first-order chi connectivity index (χ1) is 11.0. The Labute approximate surface area is 136 Å². The van der Waals surface area contributed by atoms with Gasteiger partial charge in [-0.3, -0.25) is 9.59 Å². The third-order valence-electron chi connectivity index (χ3n) is 3.57. The highest BCUT2D eigenvalue weighted by atomic mass is 16.2. The number of carbonyl (C=O) groups excluding carboxylic acids is 2. The highest BCUT2D eigenvalue weighted by Gasteiger charge is 2.07. The Kier molecular flexibility index (Phi) is 5.36. The fourth-order valence-corrected chi connectivity index (χ4v) is 2.26. The first-order valence-corrected chi connectivity index (χ1v) is 7.43. The second-order valence-electron chi connectivity index (χ2n) is 5.33. The number of hydrogen-bond acceptors (Lipinski definition) is 3. The Morgan fingerprint density at radius 2 is 1.57 bits per heavy atom. The Balaban J connectivity index is 1.93. The molecule has 2 amide bonds. The van der Waals surface area contributed by atoms with Gasteiger partial charge < -0.3 is 16.0 Å². The van der Waals surface area contributed by atoms with Crippen molar-refractivity contribution < 1.29 is 9.59 Å². The molecule has 0 heterocycles. The molecule has 0 radical (unpaired) electrons. The molecule has 5 nitrogen and oxygen atoms in total. The summed E-state index contributed by atoms with van der Waals surface area (Å²) in [7, 11) is 1.59. The van der Waals surface area contributed by atoms with E-state index in [9.17, 15) is 9.59 Å². The van der Waals surface area contributed by atoms with E-state index in [0.717, 1.165) is 22.5 Å². The van der Waals surface area contributed by atoms with E-state index in [0.29, 0.717) is 5.56 Å². The van der Waals surface area contributed by atoms with Crippen LogP contribution < -0.4 is 16.0 Å². The van der Waals surface area contributed by atoms with Crippen LogP contribution in [0, 0.1) is 13.8 Å². The zero-order chi connectivity index (χ0) is 16.8. The quantitative estimate of drug-likeness (QED) is 0.795. The predicted molar refractivity (Wildman–Crippen MR) is 92.9 cm³/mol. The van der Waals surface area contributed by atoms with Crippen molar-refractivity contribution >= 4 is 23.2 Å². The molecule has 0 saturated carbocycles. The summed E-state index contributed by atoms with van der Waals surface area (Å²) in [6, 6.07) is 12.9. The molecule has 2 aromatic rings. The van der Waals surface area contributed by atoms with Crippen molar-refractivity contribution in [3.8, 4) is 0 Å². The van der Waals surface area contributed by atoms with Crippen molar-refractivity contribution in [1.29, 1.82) is 0 Å². The number of carbonyl (C=O) groups is 2. The predicted octanol–water partition coefficient (Wildman–Crippen LogP) is 2.71. The molecule has 2 rings (SSSR count). The van der Waals surface area contributed by atoms with Crippen molar-refractivity contribution in [2.45, 2.75) is 13.8 Å². The maximum atomic E-state index is 12.1. The molecule has 0 bridgehead atoms. The number of aryl methyl sites for hydroxylation is 2. The van der Waals surface area contributed by atoms with E-state index in [1.165, 1.54) is 0 Å². The van der Waals surface area contributed by atoms with Gasteiger partial charge in [0.25, 0.3) is 5.91 Å². The van der Waals surface area contributed by atoms with Crippen LogP contribution in [0.2, 0.25) is 0 Å². The minimum atomic E-state index is -0.135. The molecule has 0 aromatic heterocycles. The number of rotatable bonds is 5. The molecule has 0 aliphatic rings. The Hall–Kier alpha value is -2.82. The number of hydrogen-bond donors (Lipinski definition) is 3. The summed E-state index contributed by atoms with van der Waals surface area (Å²) in [6.45, 7) is 4.09. The van der Waals surface area contributed by atoms with Gasteiger partial charge in [-0.1, -0.05) is 18.2 Å². The summed E-state index contributed by atoms with van der Waals surface area (Å²) < 4.78 is 0. The lowest BCUT2D eigenvalue weighted by molar-refractivity contribution is -0.114. The maximum Gasteiger partial charge on any atom is 0.251 e. The van der Waals surface area contributed by atoms with Crippen molar-refractivity contribution in [2.24, 2.45) is 0 Å². The van der Waals surface area contributed by atoms with Gasteiger partial charge in [0.15, 0.2) is 0 Å². The SMILES string of the molecule is CNC(=O)c1ccc(NCC(=O)Nc2c(C)cccc2C)cc1. The monoisotopic (exact) mass is 311 g/mol. The van der Waals surface area contributed by atoms with Crippen LogP contribution in [0.1, 0.15) is 21.5 Å². The van der Waals surface area contributed by atoms with E-state index in [4.69, 9.17) is 0 Å². The number of anilines is 2. The van der Waals surface area contributed by atoms with Crippen LogP contribution in [0.15, 0.2) is 42.5 Å². The van der Waals surface area contributed by atoms with E-state index in [-0.39, 0.29) is 18.4 Å². The van der Waals surface area contributed by atoms with Crippen LogP contribution in [0.4, 0.5) is 11.4 Å². The van der Waals surface area contributed by atoms with Crippen LogP contribution in [-0.2, 0) is 4.79 Å². The summed E-state index contributed by atoms with van der Waals surface area (Å²) in [5.41, 5.74) is 4.29. The largest absolute Gasteiger partial charge is 0.376 e. The summed E-state index contributed by atoms with van der Waals surface area (Å²) in [4.78, 5) is 23.5. The topological polar surface area (TPSA) is 70.2 Å². The smallest absolute Gasteiger partial charge is 0.251 e. The fraction of sp³-hybridized carbons (Fsp3) is 0.222. The van der Waals surface area contributed by atoms with Gasteiger partial charge >= 0.3 is 0 Å². The number of amides is 2. The molecule has 23 heavy (non-hydrogen) atoms. The maximum absolute atomic E-state index is 12.1. The lowest BCUT2D eigenvalue weighted by Gasteiger charge is -2.12. The van der Waals surface area contributed by atoms with Crippen LogP contribution in [-0.4, -0.2) is 25.4 Å². The Morgan fingerprint density at radius 1 is 0.957 bits per heavy atom. The number of nitrogens with one attached hydrogen (secondary N) is 3. The van der Waals surface area contributed by atoms with Gasteiger partial charge in [0.05, 0.1) is 6.54 Å². The second kappa shape index (κ2) is 7.45. The lowest BCUT2D eigenvalue weighted by atomic mass is 10.1. The summed E-state index contributed by atoms with van der Waals surface area (Å²) in [5, 5.41) is 8.53. The van der Waals surface area contributed by atoms with Gasteiger partial charge in [-0.15, -0.1) is 0 Å². The van der Waals surface area contributed by atoms with Crippen LogP contribution in [0.3, 0.4) is 0 Å². The fourth-order valence-electron chi connectivity index (χ4n) is 2.26. The van der Waals surface area contributed by atoms with E-state index in [2.05, 4.69) is 16.0 Å². The molecule has 0 aliphatic heterocycles. The average molecular weight is 311 g/mol. The molecule has 0 fully saturated rings. The zero-order valence-electron chi connectivity index (χ0n) is 13.6. The summed E-state index contributed by atoms with van der Waals surface area (Å²) in [6.07, 6.45) is 0. The Morgan fingerprint density at radius 3 is 2.13 bits per heavy atom. The minimum absolute atomic E-state index is 0.113. The van der Waals surface area contributed by atoms with Gasteiger partial charge in [-0.05, 0) is 49.2 Å². The molecule has 0 atom stereocenters. The molecule has 5 heteroatoms. The van der Waals surface area contributed by atoms with Gasteiger partial charge in [-0.25, -0.2) is 0 Å². The number of para-hydroxylation sites is 1. The molecule has 0 unspecified atom stereocenters. The van der Waals surface area contributed by atoms with Gasteiger partial charge in [0.1, 0.15) is 0 Å². The first kappa shape index (κ1) is 16.5. The van der Waals surface area contributed by atoms with Gasteiger partial charge in [-0.2, -0.15) is 0 Å². The summed E-state index contributed by atoms with van der Waals surface area (Å²) >= 11 is 0. The van der Waals surface area contributed by atoms with E-state index < -0.39 is 0 Å². The van der Waals surface area contributed by atoms with E-state index in [1.54, 1.807) is 31.3 Å². The van der Waals surface area contributed by atoms with Crippen molar-refractivity contribution in [3.05, 3.63) is 59.2 Å². The first-order valence-electron chi connectivity index (χ1n) is 7.43. The Bertz CT molecular complexity index is 688. The molecule has 120 valence electrons. The number of benzene rings is 2. The highest BCUT2D eigenvalue weighted by molar-refractivity contribution is 5.96. The third kappa shape index (κ3) is 4.32. The second-order valence-corrected chi connectivity index (χ2v) is 5.33. The standard InChI is InChI=1S/C18H21N3O2/c1-12-5-4-6-13(2)17(12)21-16(22)11-20-15-9-7-14(8-10-15)18(23)19-3/h4-10,20H,11H2,1-3H3,(H,19,23)(H,21,22). The van der Waals surface area contributed by atoms with Crippen molar-refractivity contribution in [1.82, 2.24) is 5.32 Å². The molecular weight excluding hydrogens is 290 g/mol. The van der Waals surface area contributed by atoms with Crippen molar-refractivity contribution in [3.63, 3.8) is 0 Å². The molecule has 0 spiro atoms. The molecular formula is C18H21N3O2. The molecule has 3 N–H and O–H groups in total. The molecule has 2 aromatic carbocycles. The van der Waals surface area contributed by atoms with Crippen molar-refractivity contribution in [2.75, 3.05) is 24.2 Å². The summed E-state index contributed by atoms with van der Waals surface area (Å²) in [5.74, 6) is -0.248. The normalized spacial score (nSPS) is 10.0.